The van der Waals surface area contributed by atoms with E-state index in [1.165, 1.54) is 6.42 Å². The van der Waals surface area contributed by atoms with Crippen LogP contribution < -0.4 is 10.6 Å². The lowest BCUT2D eigenvalue weighted by Gasteiger charge is -2.60. The van der Waals surface area contributed by atoms with Crippen LogP contribution in [0.1, 0.15) is 50.6 Å². The van der Waals surface area contributed by atoms with Crippen LogP contribution in [0.2, 0.25) is 0 Å². The van der Waals surface area contributed by atoms with Crippen molar-refractivity contribution in [2.24, 2.45) is 16.3 Å². The highest BCUT2D eigenvalue weighted by Gasteiger charge is 2.58. The highest BCUT2D eigenvalue weighted by molar-refractivity contribution is 5.80. The predicted octanol–water partition coefficient (Wildman–Crippen LogP) is 2.55. The Morgan fingerprint density at radius 3 is 2.83 bits per heavy atom. The van der Waals surface area contributed by atoms with Crippen molar-refractivity contribution < 1.29 is 9.26 Å². The Bertz CT molecular complexity index is 589. The second-order valence-corrected chi connectivity index (χ2v) is 7.54. The van der Waals surface area contributed by atoms with Crippen molar-refractivity contribution in [1.29, 1.82) is 0 Å². The topological polar surface area (TPSA) is 71.7 Å². The summed E-state index contributed by atoms with van der Waals surface area (Å²) >= 11 is 0. The number of fused-ring (bicyclic) bond motifs is 1. The van der Waals surface area contributed by atoms with Crippen LogP contribution in [0.25, 0.3) is 0 Å². The number of nitrogens with zero attached hydrogens (tertiary/aromatic N) is 2. The molecule has 1 saturated carbocycles. The van der Waals surface area contributed by atoms with Crippen molar-refractivity contribution in [1.82, 2.24) is 15.8 Å². The first-order valence-electron chi connectivity index (χ1n) is 9.03. The van der Waals surface area contributed by atoms with Gasteiger partial charge < -0.3 is 19.9 Å². The van der Waals surface area contributed by atoms with E-state index in [4.69, 9.17) is 14.3 Å². The fraction of sp³-hybridized carbons (Fsp3) is 0.778. The molecule has 0 radical (unpaired) electrons. The number of guanidine groups is 1. The summed E-state index contributed by atoms with van der Waals surface area (Å²) in [4.78, 5) is 4.76. The quantitative estimate of drug-likeness (QED) is 0.654. The SMILES string of the molecule is CCNC(=NCc1c(C)noc1C)NC1C2CCCOC2C1(C)C. The van der Waals surface area contributed by atoms with E-state index >= 15 is 0 Å². The normalized spacial score (nSPS) is 28.9. The third-order valence-corrected chi connectivity index (χ3v) is 5.54. The summed E-state index contributed by atoms with van der Waals surface area (Å²) in [7, 11) is 0. The molecule has 2 heterocycles. The third-order valence-electron chi connectivity index (χ3n) is 5.54. The molecule has 6 nitrogen and oxygen atoms in total. The van der Waals surface area contributed by atoms with E-state index in [0.717, 1.165) is 42.5 Å². The summed E-state index contributed by atoms with van der Waals surface area (Å²) in [5.41, 5.74) is 2.11. The molecule has 0 bridgehead atoms. The van der Waals surface area contributed by atoms with Crippen LogP contribution >= 0.6 is 0 Å². The Hall–Kier alpha value is -1.56. The first-order chi connectivity index (χ1) is 11.4. The van der Waals surface area contributed by atoms with Gasteiger partial charge >= 0.3 is 0 Å². The number of nitrogens with one attached hydrogen (secondary N) is 2. The zero-order chi connectivity index (χ0) is 17.3. The van der Waals surface area contributed by atoms with E-state index in [1.807, 2.05) is 13.8 Å². The molecule has 0 amide bonds. The third kappa shape index (κ3) is 3.04. The van der Waals surface area contributed by atoms with Crippen LogP contribution in [0.3, 0.4) is 0 Å². The molecule has 1 aliphatic heterocycles. The molecule has 0 aromatic carbocycles. The van der Waals surface area contributed by atoms with Gasteiger partial charge in [0.1, 0.15) is 5.76 Å². The Balaban J connectivity index is 1.71. The van der Waals surface area contributed by atoms with Crippen LogP contribution in [0.5, 0.6) is 0 Å². The minimum absolute atomic E-state index is 0.129. The summed E-state index contributed by atoms with van der Waals surface area (Å²) in [5, 5.41) is 11.0. The molecular formula is C18H30N4O2. The average molecular weight is 334 g/mol. The number of rotatable bonds is 4. The minimum Gasteiger partial charge on any atom is -0.377 e. The Kier molecular flexibility index (Phi) is 4.85. The highest BCUT2D eigenvalue weighted by atomic mass is 16.5. The van der Waals surface area contributed by atoms with Gasteiger partial charge in [0.05, 0.1) is 18.3 Å². The minimum atomic E-state index is 0.129. The van der Waals surface area contributed by atoms with Gasteiger partial charge in [-0.1, -0.05) is 19.0 Å². The monoisotopic (exact) mass is 334 g/mol. The van der Waals surface area contributed by atoms with Crippen molar-refractivity contribution in [3.05, 3.63) is 17.0 Å². The summed E-state index contributed by atoms with van der Waals surface area (Å²) in [5.74, 6) is 2.29. The lowest BCUT2D eigenvalue weighted by molar-refractivity contribution is -0.188. The first-order valence-corrected chi connectivity index (χ1v) is 9.03. The van der Waals surface area contributed by atoms with Gasteiger partial charge in [0, 0.05) is 36.1 Å². The van der Waals surface area contributed by atoms with E-state index < -0.39 is 0 Å². The molecule has 3 atom stereocenters. The second kappa shape index (κ2) is 6.75. The lowest BCUT2D eigenvalue weighted by Crippen LogP contribution is -2.71. The van der Waals surface area contributed by atoms with Gasteiger partial charge in [-0.2, -0.15) is 0 Å². The Morgan fingerprint density at radius 2 is 2.17 bits per heavy atom. The fourth-order valence-electron chi connectivity index (χ4n) is 4.17. The van der Waals surface area contributed by atoms with Gasteiger partial charge in [0.15, 0.2) is 5.96 Å². The lowest BCUT2D eigenvalue weighted by atomic mass is 9.55. The van der Waals surface area contributed by atoms with Gasteiger partial charge in [-0.15, -0.1) is 0 Å². The molecule has 6 heteroatoms. The number of ether oxygens (including phenoxy) is 1. The maximum Gasteiger partial charge on any atom is 0.191 e. The molecule has 1 aliphatic carbocycles. The molecule has 24 heavy (non-hydrogen) atoms. The highest BCUT2D eigenvalue weighted by Crippen LogP contribution is 2.51. The molecule has 1 aromatic rings. The second-order valence-electron chi connectivity index (χ2n) is 7.54. The first kappa shape index (κ1) is 17.3. The summed E-state index contributed by atoms with van der Waals surface area (Å²) < 4.78 is 11.2. The van der Waals surface area contributed by atoms with Crippen LogP contribution in [-0.2, 0) is 11.3 Å². The zero-order valence-corrected chi connectivity index (χ0v) is 15.5. The molecule has 0 spiro atoms. The Morgan fingerprint density at radius 1 is 1.38 bits per heavy atom. The van der Waals surface area contributed by atoms with Gasteiger partial charge in [-0.05, 0) is 33.6 Å². The molecule has 2 fully saturated rings. The van der Waals surface area contributed by atoms with Gasteiger partial charge in [-0.3, -0.25) is 0 Å². The van der Waals surface area contributed by atoms with E-state index in [9.17, 15) is 0 Å². The van der Waals surface area contributed by atoms with Crippen molar-refractivity contribution >= 4 is 5.96 Å². The van der Waals surface area contributed by atoms with Crippen molar-refractivity contribution in [3.63, 3.8) is 0 Å². The number of aliphatic imine (C=N–C) groups is 1. The molecule has 2 aliphatic rings. The summed E-state index contributed by atoms with van der Waals surface area (Å²) in [6.45, 7) is 12.9. The summed E-state index contributed by atoms with van der Waals surface area (Å²) in [6, 6.07) is 0.394. The summed E-state index contributed by atoms with van der Waals surface area (Å²) in [6.07, 6.45) is 2.76. The molecule has 1 aromatic heterocycles. The molecule has 2 N–H and O–H groups in total. The van der Waals surface area contributed by atoms with Gasteiger partial charge in [0.2, 0.25) is 0 Å². The number of hydrogen-bond donors (Lipinski definition) is 2. The van der Waals surface area contributed by atoms with E-state index in [0.29, 0.717) is 24.6 Å². The molecule has 3 unspecified atom stereocenters. The van der Waals surface area contributed by atoms with Crippen LogP contribution in [0.15, 0.2) is 9.52 Å². The van der Waals surface area contributed by atoms with Crippen LogP contribution in [0, 0.1) is 25.2 Å². The van der Waals surface area contributed by atoms with E-state index in [1.54, 1.807) is 0 Å². The maximum absolute atomic E-state index is 5.99. The molecular weight excluding hydrogens is 304 g/mol. The van der Waals surface area contributed by atoms with Crippen molar-refractivity contribution in [2.45, 2.75) is 66.2 Å². The molecule has 134 valence electrons. The average Bonchev–Trinajstić information content (AvgIpc) is 2.88. The van der Waals surface area contributed by atoms with Crippen LogP contribution in [0.4, 0.5) is 0 Å². The molecule has 3 rings (SSSR count). The number of aryl methyl sites for hydroxylation is 2. The maximum atomic E-state index is 5.99. The van der Waals surface area contributed by atoms with Crippen molar-refractivity contribution in [2.75, 3.05) is 13.2 Å². The van der Waals surface area contributed by atoms with Gasteiger partial charge in [-0.25, -0.2) is 4.99 Å². The largest absolute Gasteiger partial charge is 0.377 e. The van der Waals surface area contributed by atoms with E-state index in [-0.39, 0.29) is 5.41 Å². The predicted molar refractivity (Wildman–Crippen MR) is 94.0 cm³/mol. The van der Waals surface area contributed by atoms with Gasteiger partial charge in [0.25, 0.3) is 0 Å². The fourth-order valence-corrected chi connectivity index (χ4v) is 4.17. The Labute approximate surface area is 144 Å². The number of aromatic nitrogens is 1. The zero-order valence-electron chi connectivity index (χ0n) is 15.5. The van der Waals surface area contributed by atoms with E-state index in [2.05, 4.69) is 36.6 Å². The standard InChI is InChI=1S/C18H30N4O2/c1-6-19-17(20-10-14-11(2)22-24-12(14)3)21-15-13-8-7-9-23-16(13)18(15,4)5/h13,15-16H,6-10H2,1-5H3,(H2,19,20,21). The smallest absolute Gasteiger partial charge is 0.191 e. The molecule has 1 saturated heterocycles. The van der Waals surface area contributed by atoms with Crippen molar-refractivity contribution in [3.8, 4) is 0 Å². The van der Waals surface area contributed by atoms with Crippen LogP contribution in [-0.4, -0.2) is 36.4 Å². The number of hydrogen-bond acceptors (Lipinski definition) is 4.